The van der Waals surface area contributed by atoms with Gasteiger partial charge in [0.2, 0.25) is 0 Å². The maximum atomic E-state index is 13.6. The highest BCUT2D eigenvalue weighted by Crippen LogP contribution is 2.28. The zero-order valence-electron chi connectivity index (χ0n) is 10.6. The lowest BCUT2D eigenvalue weighted by Crippen LogP contribution is -2.27. The van der Waals surface area contributed by atoms with Gasteiger partial charge in [-0.1, -0.05) is 31.5 Å². The van der Waals surface area contributed by atoms with Gasteiger partial charge in [-0.15, -0.1) is 12.4 Å². The lowest BCUT2D eigenvalue weighted by molar-refractivity contribution is 0.127. The van der Waals surface area contributed by atoms with Crippen molar-refractivity contribution < 1.29 is 9.50 Å². The molecule has 2 nitrogen and oxygen atoms in total. The van der Waals surface area contributed by atoms with Crippen molar-refractivity contribution in [1.82, 2.24) is 0 Å². The molecule has 1 aromatic rings. The molecule has 2 atom stereocenters. The van der Waals surface area contributed by atoms with E-state index in [-0.39, 0.29) is 23.0 Å². The first-order valence-corrected chi connectivity index (χ1v) is 6.18. The second kappa shape index (κ2) is 7.95. The van der Waals surface area contributed by atoms with Crippen molar-refractivity contribution in [2.45, 2.75) is 38.8 Å². The van der Waals surface area contributed by atoms with E-state index in [2.05, 4.69) is 13.8 Å². The standard InChI is InChI=1S/C13H19ClFNO.ClH/c1-8(2)6-7-11(17)13(16)12-9(14)4-3-5-10(12)15;/h3-5,8,11,13,17H,6-7,16H2,1-2H3;1H/t11-,13-;/m1./s1. The van der Waals surface area contributed by atoms with Crippen LogP contribution in [0.5, 0.6) is 0 Å². The average molecular weight is 296 g/mol. The van der Waals surface area contributed by atoms with Crippen LogP contribution in [0.4, 0.5) is 4.39 Å². The fourth-order valence-corrected chi connectivity index (χ4v) is 1.99. The summed E-state index contributed by atoms with van der Waals surface area (Å²) in [4.78, 5) is 0. The first-order chi connectivity index (χ1) is 7.93. The number of aliphatic hydroxyl groups excluding tert-OH is 1. The lowest BCUT2D eigenvalue weighted by atomic mass is 9.95. The van der Waals surface area contributed by atoms with E-state index in [1.807, 2.05) is 0 Å². The van der Waals surface area contributed by atoms with Gasteiger partial charge in [-0.25, -0.2) is 4.39 Å². The summed E-state index contributed by atoms with van der Waals surface area (Å²) >= 11 is 5.90. The molecular weight excluding hydrogens is 276 g/mol. The van der Waals surface area contributed by atoms with Gasteiger partial charge < -0.3 is 10.8 Å². The van der Waals surface area contributed by atoms with Gasteiger partial charge in [-0.3, -0.25) is 0 Å². The number of halogens is 3. The van der Waals surface area contributed by atoms with Crippen molar-refractivity contribution in [3.63, 3.8) is 0 Å². The van der Waals surface area contributed by atoms with Crippen molar-refractivity contribution in [2.24, 2.45) is 11.7 Å². The molecule has 0 spiro atoms. The zero-order chi connectivity index (χ0) is 13.0. The van der Waals surface area contributed by atoms with Crippen LogP contribution in [0.25, 0.3) is 0 Å². The van der Waals surface area contributed by atoms with Crippen molar-refractivity contribution in [2.75, 3.05) is 0 Å². The minimum absolute atomic E-state index is 0. The molecule has 1 rings (SSSR count). The molecule has 0 aliphatic rings. The van der Waals surface area contributed by atoms with Crippen molar-refractivity contribution >= 4 is 24.0 Å². The van der Waals surface area contributed by atoms with E-state index in [1.54, 1.807) is 6.07 Å². The van der Waals surface area contributed by atoms with Crippen LogP contribution in [0.2, 0.25) is 5.02 Å². The highest BCUT2D eigenvalue weighted by atomic mass is 35.5. The SMILES string of the molecule is CC(C)CC[C@@H](O)[C@@H](N)c1c(F)cccc1Cl.Cl. The van der Waals surface area contributed by atoms with Crippen LogP contribution in [0.15, 0.2) is 18.2 Å². The lowest BCUT2D eigenvalue weighted by Gasteiger charge is -2.21. The van der Waals surface area contributed by atoms with Gasteiger partial charge in [0, 0.05) is 10.6 Å². The molecule has 0 fully saturated rings. The van der Waals surface area contributed by atoms with Gasteiger partial charge in [-0.2, -0.15) is 0 Å². The monoisotopic (exact) mass is 295 g/mol. The number of benzene rings is 1. The summed E-state index contributed by atoms with van der Waals surface area (Å²) < 4.78 is 13.6. The average Bonchev–Trinajstić information content (AvgIpc) is 2.25. The molecule has 0 aromatic heterocycles. The Morgan fingerprint density at radius 2 is 1.94 bits per heavy atom. The van der Waals surface area contributed by atoms with Crippen molar-refractivity contribution in [1.29, 1.82) is 0 Å². The Kier molecular flexibility index (Phi) is 7.79. The Labute approximate surface area is 119 Å². The van der Waals surface area contributed by atoms with E-state index in [4.69, 9.17) is 17.3 Å². The number of nitrogens with two attached hydrogens (primary N) is 1. The van der Waals surface area contributed by atoms with E-state index >= 15 is 0 Å². The number of hydrogen-bond acceptors (Lipinski definition) is 2. The summed E-state index contributed by atoms with van der Waals surface area (Å²) in [6.45, 7) is 4.13. The van der Waals surface area contributed by atoms with Crippen molar-refractivity contribution in [3.05, 3.63) is 34.6 Å². The summed E-state index contributed by atoms with van der Waals surface area (Å²) in [5.74, 6) is 0.0153. The summed E-state index contributed by atoms with van der Waals surface area (Å²) in [5, 5.41) is 10.2. The minimum atomic E-state index is -0.776. The molecule has 3 N–H and O–H groups in total. The molecule has 5 heteroatoms. The van der Waals surface area contributed by atoms with Gasteiger partial charge in [0.1, 0.15) is 5.82 Å². The third-order valence-corrected chi connectivity index (χ3v) is 3.12. The van der Waals surface area contributed by atoms with E-state index < -0.39 is 18.0 Å². The molecule has 0 unspecified atom stereocenters. The number of hydrogen-bond donors (Lipinski definition) is 2. The molecule has 0 amide bonds. The Bertz CT molecular complexity index is 354. The minimum Gasteiger partial charge on any atom is -0.391 e. The fraction of sp³-hybridized carbons (Fsp3) is 0.538. The van der Waals surface area contributed by atoms with Crippen LogP contribution < -0.4 is 5.73 Å². The highest BCUT2D eigenvalue weighted by Gasteiger charge is 2.22. The molecule has 0 aliphatic heterocycles. The van der Waals surface area contributed by atoms with Gasteiger partial charge in [-0.05, 0) is 30.9 Å². The molecule has 0 saturated carbocycles. The normalized spacial score (nSPS) is 14.2. The third-order valence-electron chi connectivity index (χ3n) is 2.79. The largest absolute Gasteiger partial charge is 0.391 e. The summed E-state index contributed by atoms with van der Waals surface area (Å²) in [7, 11) is 0. The van der Waals surface area contributed by atoms with E-state index in [0.29, 0.717) is 12.3 Å². The number of aliphatic hydroxyl groups is 1. The summed E-state index contributed by atoms with van der Waals surface area (Å²) in [6.07, 6.45) is 0.622. The molecule has 1 aromatic carbocycles. The molecule has 0 aliphatic carbocycles. The zero-order valence-corrected chi connectivity index (χ0v) is 12.1. The van der Waals surface area contributed by atoms with Crippen LogP contribution >= 0.6 is 24.0 Å². The van der Waals surface area contributed by atoms with Crippen molar-refractivity contribution in [3.8, 4) is 0 Å². The predicted molar refractivity (Wildman–Crippen MR) is 75.7 cm³/mol. The maximum Gasteiger partial charge on any atom is 0.129 e. The fourth-order valence-electron chi connectivity index (χ4n) is 1.71. The van der Waals surface area contributed by atoms with E-state index in [0.717, 1.165) is 6.42 Å². The van der Waals surface area contributed by atoms with Gasteiger partial charge in [0.25, 0.3) is 0 Å². The van der Waals surface area contributed by atoms with Crippen LogP contribution in [-0.4, -0.2) is 11.2 Å². The third kappa shape index (κ3) is 4.73. The smallest absolute Gasteiger partial charge is 0.129 e. The van der Waals surface area contributed by atoms with Gasteiger partial charge in [0.05, 0.1) is 12.1 Å². The molecule has 0 bridgehead atoms. The molecule has 0 heterocycles. The Balaban J connectivity index is 0.00000289. The Morgan fingerprint density at radius 3 is 2.44 bits per heavy atom. The molecule has 0 saturated heterocycles. The van der Waals surface area contributed by atoms with E-state index in [9.17, 15) is 9.50 Å². The number of rotatable bonds is 5. The van der Waals surface area contributed by atoms with Crippen LogP contribution in [0.1, 0.15) is 38.3 Å². The molecule has 104 valence electrons. The first kappa shape index (κ1) is 17.6. The Hall–Kier alpha value is -0.350. The molecule has 18 heavy (non-hydrogen) atoms. The second-order valence-electron chi connectivity index (χ2n) is 4.70. The first-order valence-electron chi connectivity index (χ1n) is 5.81. The van der Waals surface area contributed by atoms with Crippen LogP contribution in [0, 0.1) is 11.7 Å². The predicted octanol–water partition coefficient (Wildman–Crippen LogP) is 3.70. The molecule has 0 radical (unpaired) electrons. The summed E-state index contributed by atoms with van der Waals surface area (Å²) in [5.41, 5.74) is 6.05. The molecular formula is C13H20Cl2FNO. The van der Waals surface area contributed by atoms with Gasteiger partial charge >= 0.3 is 0 Å². The Morgan fingerprint density at radius 1 is 1.33 bits per heavy atom. The maximum absolute atomic E-state index is 13.6. The van der Waals surface area contributed by atoms with E-state index in [1.165, 1.54) is 12.1 Å². The van der Waals surface area contributed by atoms with Crippen LogP contribution in [0.3, 0.4) is 0 Å². The second-order valence-corrected chi connectivity index (χ2v) is 5.11. The topological polar surface area (TPSA) is 46.2 Å². The quantitative estimate of drug-likeness (QED) is 0.870. The highest BCUT2D eigenvalue weighted by molar-refractivity contribution is 6.31. The van der Waals surface area contributed by atoms with Crippen LogP contribution in [-0.2, 0) is 0 Å². The summed E-state index contributed by atoms with van der Waals surface area (Å²) in [6, 6.07) is 3.63. The van der Waals surface area contributed by atoms with Gasteiger partial charge in [0.15, 0.2) is 0 Å².